The summed E-state index contributed by atoms with van der Waals surface area (Å²) in [5.41, 5.74) is 0.542. The van der Waals surface area contributed by atoms with Gasteiger partial charge in [0.25, 0.3) is 5.91 Å². The van der Waals surface area contributed by atoms with Gasteiger partial charge < -0.3 is 14.4 Å². The molecule has 2 aromatic rings. The van der Waals surface area contributed by atoms with Gasteiger partial charge in [0.1, 0.15) is 5.69 Å². The van der Waals surface area contributed by atoms with Crippen LogP contribution in [-0.4, -0.2) is 67.3 Å². The molecule has 4 rings (SSSR count). The molecule has 2 aliphatic heterocycles. The molecule has 2 fully saturated rings. The highest BCUT2D eigenvalue weighted by molar-refractivity contribution is 5.92. The quantitative estimate of drug-likeness (QED) is 0.784. The Bertz CT molecular complexity index is 799. The fourth-order valence-corrected chi connectivity index (χ4v) is 4.33. The average Bonchev–Trinajstić information content (AvgIpc) is 3.25. The van der Waals surface area contributed by atoms with Gasteiger partial charge in [0.2, 0.25) is 5.91 Å². The second-order valence-corrected chi connectivity index (χ2v) is 7.85. The van der Waals surface area contributed by atoms with Crippen LogP contribution < -0.4 is 0 Å². The number of piperidine rings is 2. The lowest BCUT2D eigenvalue weighted by Gasteiger charge is -2.47. The van der Waals surface area contributed by atoms with Crippen LogP contribution in [0.25, 0.3) is 0 Å². The second kappa shape index (κ2) is 8.08. The van der Waals surface area contributed by atoms with Gasteiger partial charge in [0, 0.05) is 63.9 Å². The van der Waals surface area contributed by atoms with Crippen molar-refractivity contribution in [2.45, 2.75) is 38.6 Å². The third-order valence-electron chi connectivity index (χ3n) is 6.05. The van der Waals surface area contributed by atoms with Crippen LogP contribution in [0.4, 0.5) is 0 Å². The average molecular weight is 382 g/mol. The lowest BCUT2D eigenvalue weighted by Crippen LogP contribution is -2.52. The number of imidazole rings is 1. The molecular formula is C20H26N6O2. The number of hydrogen-bond donors (Lipinski definition) is 0. The van der Waals surface area contributed by atoms with Gasteiger partial charge >= 0.3 is 0 Å². The standard InChI is InChI=1S/C20H26N6O2/c27-18-2-3-20(15-26(18)10-1-9-24-13-8-22-16-24)4-11-25(12-5-20)19(28)17-14-21-6-7-23-17/h6-8,13-14,16H,1-5,9-12,15H2. The molecule has 0 saturated carbocycles. The van der Waals surface area contributed by atoms with Crippen LogP contribution in [0.5, 0.6) is 0 Å². The summed E-state index contributed by atoms with van der Waals surface area (Å²) in [5.74, 6) is 0.210. The molecule has 2 aliphatic rings. The molecule has 0 atom stereocenters. The number of amides is 2. The number of rotatable bonds is 5. The molecule has 0 unspecified atom stereocenters. The topological polar surface area (TPSA) is 84.2 Å². The number of nitrogens with zero attached hydrogens (tertiary/aromatic N) is 6. The third-order valence-corrected chi connectivity index (χ3v) is 6.05. The van der Waals surface area contributed by atoms with Crippen molar-refractivity contribution in [1.29, 1.82) is 0 Å². The number of aromatic nitrogens is 4. The summed E-state index contributed by atoms with van der Waals surface area (Å²) < 4.78 is 2.04. The van der Waals surface area contributed by atoms with Gasteiger partial charge in [-0.1, -0.05) is 0 Å². The van der Waals surface area contributed by atoms with Crippen molar-refractivity contribution in [3.05, 3.63) is 43.0 Å². The first kappa shape index (κ1) is 18.6. The number of likely N-dealkylation sites (tertiary alicyclic amines) is 2. The van der Waals surface area contributed by atoms with Gasteiger partial charge in [-0.2, -0.15) is 0 Å². The van der Waals surface area contributed by atoms with Crippen molar-refractivity contribution in [3.8, 4) is 0 Å². The number of aryl methyl sites for hydroxylation is 1. The first-order valence-corrected chi connectivity index (χ1v) is 9.94. The zero-order valence-electron chi connectivity index (χ0n) is 16.0. The van der Waals surface area contributed by atoms with Gasteiger partial charge in [-0.3, -0.25) is 14.6 Å². The normalized spacial score (nSPS) is 19.2. The van der Waals surface area contributed by atoms with Crippen LogP contribution in [0.1, 0.15) is 42.6 Å². The molecule has 148 valence electrons. The Kier molecular flexibility index (Phi) is 5.36. The molecule has 2 aromatic heterocycles. The molecule has 0 bridgehead atoms. The van der Waals surface area contributed by atoms with E-state index in [1.165, 1.54) is 6.20 Å². The highest BCUT2D eigenvalue weighted by atomic mass is 16.2. The molecule has 2 saturated heterocycles. The number of carbonyl (C=O) groups is 2. The maximum absolute atomic E-state index is 12.6. The summed E-state index contributed by atoms with van der Waals surface area (Å²) in [6, 6.07) is 0. The Morgan fingerprint density at radius 2 is 1.93 bits per heavy atom. The van der Waals surface area contributed by atoms with Crippen molar-refractivity contribution in [2.24, 2.45) is 5.41 Å². The van der Waals surface area contributed by atoms with E-state index in [0.29, 0.717) is 25.2 Å². The van der Waals surface area contributed by atoms with Crippen molar-refractivity contribution in [1.82, 2.24) is 29.3 Å². The van der Waals surface area contributed by atoms with Crippen LogP contribution >= 0.6 is 0 Å². The van der Waals surface area contributed by atoms with E-state index < -0.39 is 0 Å². The van der Waals surface area contributed by atoms with E-state index in [4.69, 9.17) is 0 Å². The molecule has 0 aromatic carbocycles. The van der Waals surface area contributed by atoms with Crippen molar-refractivity contribution in [2.75, 3.05) is 26.2 Å². The predicted molar refractivity (Wildman–Crippen MR) is 102 cm³/mol. The van der Waals surface area contributed by atoms with E-state index >= 15 is 0 Å². The fraction of sp³-hybridized carbons (Fsp3) is 0.550. The molecule has 28 heavy (non-hydrogen) atoms. The minimum Gasteiger partial charge on any atom is -0.342 e. The maximum Gasteiger partial charge on any atom is 0.274 e. The van der Waals surface area contributed by atoms with Gasteiger partial charge in [-0.15, -0.1) is 0 Å². The Labute approximate surface area is 164 Å². The van der Waals surface area contributed by atoms with Crippen LogP contribution in [0.15, 0.2) is 37.3 Å². The molecule has 2 amide bonds. The lowest BCUT2D eigenvalue weighted by atomic mass is 9.72. The summed E-state index contributed by atoms with van der Waals surface area (Å²) in [5, 5.41) is 0. The fourth-order valence-electron chi connectivity index (χ4n) is 4.33. The SMILES string of the molecule is O=C1CCC2(CCN(C(=O)c3cnccn3)CC2)CN1CCCn1ccnc1. The zero-order chi connectivity index (χ0) is 19.4. The Balaban J connectivity index is 1.31. The Morgan fingerprint density at radius 3 is 2.64 bits per heavy atom. The summed E-state index contributed by atoms with van der Waals surface area (Å²) in [4.78, 5) is 41.1. The van der Waals surface area contributed by atoms with Crippen LogP contribution in [-0.2, 0) is 11.3 Å². The van der Waals surface area contributed by atoms with Crippen molar-refractivity contribution < 1.29 is 9.59 Å². The van der Waals surface area contributed by atoms with E-state index in [1.54, 1.807) is 18.6 Å². The van der Waals surface area contributed by atoms with E-state index in [0.717, 1.165) is 45.3 Å². The van der Waals surface area contributed by atoms with E-state index in [1.807, 2.05) is 26.9 Å². The van der Waals surface area contributed by atoms with E-state index in [2.05, 4.69) is 15.0 Å². The summed E-state index contributed by atoms with van der Waals surface area (Å²) in [7, 11) is 0. The van der Waals surface area contributed by atoms with Crippen molar-refractivity contribution in [3.63, 3.8) is 0 Å². The first-order valence-electron chi connectivity index (χ1n) is 9.94. The first-order chi connectivity index (χ1) is 13.7. The maximum atomic E-state index is 12.6. The predicted octanol–water partition coefficient (Wildman–Crippen LogP) is 1.61. The van der Waals surface area contributed by atoms with E-state index in [-0.39, 0.29) is 17.2 Å². The van der Waals surface area contributed by atoms with E-state index in [9.17, 15) is 9.59 Å². The molecule has 4 heterocycles. The third kappa shape index (κ3) is 4.05. The highest BCUT2D eigenvalue weighted by Crippen LogP contribution is 2.40. The molecule has 0 aliphatic carbocycles. The minimum absolute atomic E-state index is 0.0491. The number of carbonyl (C=O) groups excluding carboxylic acids is 2. The van der Waals surface area contributed by atoms with Crippen LogP contribution in [0, 0.1) is 5.41 Å². The largest absolute Gasteiger partial charge is 0.342 e. The molecule has 8 heteroatoms. The van der Waals surface area contributed by atoms with Crippen molar-refractivity contribution >= 4 is 11.8 Å². The summed E-state index contributed by atoms with van der Waals surface area (Å²) in [6.45, 7) is 3.89. The van der Waals surface area contributed by atoms with Gasteiger partial charge in [-0.25, -0.2) is 9.97 Å². The zero-order valence-corrected chi connectivity index (χ0v) is 16.0. The smallest absolute Gasteiger partial charge is 0.274 e. The molecule has 1 spiro atoms. The molecule has 8 nitrogen and oxygen atoms in total. The van der Waals surface area contributed by atoms with Crippen LogP contribution in [0.3, 0.4) is 0 Å². The van der Waals surface area contributed by atoms with Gasteiger partial charge in [0.05, 0.1) is 12.5 Å². The summed E-state index contributed by atoms with van der Waals surface area (Å²) in [6.07, 6.45) is 14.5. The molecule has 0 radical (unpaired) electrons. The summed E-state index contributed by atoms with van der Waals surface area (Å²) >= 11 is 0. The Hall–Kier alpha value is -2.77. The second-order valence-electron chi connectivity index (χ2n) is 7.85. The van der Waals surface area contributed by atoms with Gasteiger partial charge in [-0.05, 0) is 31.1 Å². The molecular weight excluding hydrogens is 356 g/mol. The highest BCUT2D eigenvalue weighted by Gasteiger charge is 2.41. The number of hydrogen-bond acceptors (Lipinski definition) is 5. The molecule has 0 N–H and O–H groups in total. The minimum atomic E-state index is -0.0491. The Morgan fingerprint density at radius 1 is 1.07 bits per heavy atom. The monoisotopic (exact) mass is 382 g/mol. The lowest BCUT2D eigenvalue weighted by molar-refractivity contribution is -0.139. The van der Waals surface area contributed by atoms with Gasteiger partial charge in [0.15, 0.2) is 0 Å². The van der Waals surface area contributed by atoms with Crippen LogP contribution in [0.2, 0.25) is 0 Å².